The molecule has 0 saturated carbocycles. The monoisotopic (exact) mass is 176 g/mol. The van der Waals surface area contributed by atoms with Gasteiger partial charge in [-0.15, -0.1) is 0 Å². The lowest BCUT2D eigenvalue weighted by atomic mass is 9.75. The van der Waals surface area contributed by atoms with Gasteiger partial charge in [-0.25, -0.2) is 0 Å². The van der Waals surface area contributed by atoms with E-state index >= 15 is 0 Å². The lowest BCUT2D eigenvalue weighted by Gasteiger charge is -2.11. The molecule has 0 aromatic rings. The van der Waals surface area contributed by atoms with Crippen molar-refractivity contribution in [2.75, 3.05) is 0 Å². The summed E-state index contributed by atoms with van der Waals surface area (Å²) in [7, 11) is -1.42. The van der Waals surface area contributed by atoms with Crippen LogP contribution in [0.15, 0.2) is 45.2 Å². The fraction of sp³-hybridized carbons (Fsp3) is 0.250. The summed E-state index contributed by atoms with van der Waals surface area (Å²) >= 11 is 0. The standard InChI is InChI=1S/C8H9BN2O2/c1-5-7-4-6(9(12)13)2-3-8(7)11-10-5/h2-4,8,12-13H,1H3/t8-/m0/s1. The van der Waals surface area contributed by atoms with Gasteiger partial charge in [0.1, 0.15) is 6.04 Å². The summed E-state index contributed by atoms with van der Waals surface area (Å²) in [6.07, 6.45) is 5.20. The molecule has 13 heavy (non-hydrogen) atoms. The topological polar surface area (TPSA) is 65.2 Å². The molecule has 1 atom stereocenters. The lowest BCUT2D eigenvalue weighted by Crippen LogP contribution is -2.18. The third kappa shape index (κ3) is 1.36. The minimum atomic E-state index is -1.42. The molecule has 1 aliphatic heterocycles. The average molecular weight is 176 g/mol. The molecule has 5 heteroatoms. The van der Waals surface area contributed by atoms with Crippen LogP contribution in [0, 0.1) is 0 Å². The van der Waals surface area contributed by atoms with Crippen molar-refractivity contribution < 1.29 is 10.0 Å². The average Bonchev–Trinajstić information content (AvgIpc) is 2.47. The Hall–Kier alpha value is -1.20. The van der Waals surface area contributed by atoms with Crippen LogP contribution in [0.5, 0.6) is 0 Å². The molecule has 0 radical (unpaired) electrons. The molecular formula is C8H9BN2O2. The molecule has 66 valence electrons. The second-order valence-corrected chi connectivity index (χ2v) is 3.08. The van der Waals surface area contributed by atoms with Crippen molar-refractivity contribution in [2.45, 2.75) is 13.0 Å². The number of nitrogens with zero attached hydrogens (tertiary/aromatic N) is 2. The van der Waals surface area contributed by atoms with E-state index in [2.05, 4.69) is 10.2 Å². The first kappa shape index (κ1) is 8.41. The normalized spacial score (nSPS) is 24.8. The van der Waals surface area contributed by atoms with Crippen LogP contribution in [0.4, 0.5) is 0 Å². The fourth-order valence-electron chi connectivity index (χ4n) is 1.41. The van der Waals surface area contributed by atoms with E-state index in [0.29, 0.717) is 5.47 Å². The van der Waals surface area contributed by atoms with Gasteiger partial charge >= 0.3 is 7.12 Å². The number of hydrogen-bond acceptors (Lipinski definition) is 4. The van der Waals surface area contributed by atoms with Crippen molar-refractivity contribution in [1.82, 2.24) is 0 Å². The Morgan fingerprint density at radius 3 is 2.92 bits per heavy atom. The second-order valence-electron chi connectivity index (χ2n) is 3.08. The highest BCUT2D eigenvalue weighted by Crippen LogP contribution is 2.28. The molecule has 0 saturated heterocycles. The first-order valence-electron chi connectivity index (χ1n) is 4.06. The van der Waals surface area contributed by atoms with Crippen LogP contribution in [-0.4, -0.2) is 23.2 Å². The van der Waals surface area contributed by atoms with Gasteiger partial charge in [0.15, 0.2) is 0 Å². The maximum absolute atomic E-state index is 8.94. The molecule has 2 N–H and O–H groups in total. The molecule has 0 unspecified atom stereocenters. The molecule has 0 amide bonds. The van der Waals surface area contributed by atoms with Crippen LogP contribution in [0.3, 0.4) is 0 Å². The van der Waals surface area contributed by atoms with Crippen LogP contribution >= 0.6 is 0 Å². The van der Waals surface area contributed by atoms with Crippen molar-refractivity contribution in [2.24, 2.45) is 10.2 Å². The highest BCUT2D eigenvalue weighted by molar-refractivity contribution is 6.52. The zero-order chi connectivity index (χ0) is 9.42. The Balaban J connectivity index is 2.36. The Bertz CT molecular complexity index is 355. The summed E-state index contributed by atoms with van der Waals surface area (Å²) in [5.41, 5.74) is 2.27. The number of fused-ring (bicyclic) bond motifs is 1. The molecule has 1 heterocycles. The molecule has 4 nitrogen and oxygen atoms in total. The van der Waals surface area contributed by atoms with E-state index in [1.807, 2.05) is 13.0 Å². The molecule has 0 spiro atoms. The molecule has 0 bridgehead atoms. The SMILES string of the molecule is CC1=C2C=C(B(O)O)C=C[C@@H]2N=N1. The van der Waals surface area contributed by atoms with E-state index in [-0.39, 0.29) is 6.04 Å². The summed E-state index contributed by atoms with van der Waals surface area (Å²) in [6.45, 7) is 1.86. The van der Waals surface area contributed by atoms with E-state index in [1.54, 1.807) is 12.2 Å². The number of rotatable bonds is 1. The third-order valence-electron chi connectivity index (χ3n) is 2.16. The minimum absolute atomic E-state index is 0.0255. The maximum Gasteiger partial charge on any atom is 0.488 e. The van der Waals surface area contributed by atoms with Gasteiger partial charge in [-0.2, -0.15) is 10.2 Å². The summed E-state index contributed by atoms with van der Waals surface area (Å²) in [6, 6.07) is -0.0255. The molecule has 2 aliphatic rings. The predicted molar refractivity (Wildman–Crippen MR) is 48.8 cm³/mol. The van der Waals surface area contributed by atoms with E-state index in [9.17, 15) is 0 Å². The summed E-state index contributed by atoms with van der Waals surface area (Å²) < 4.78 is 0. The summed E-state index contributed by atoms with van der Waals surface area (Å²) in [4.78, 5) is 0. The van der Waals surface area contributed by atoms with Crippen LogP contribution in [0.1, 0.15) is 6.92 Å². The van der Waals surface area contributed by atoms with Crippen LogP contribution in [-0.2, 0) is 0 Å². The molecule has 0 aromatic heterocycles. The quantitative estimate of drug-likeness (QED) is 0.574. The van der Waals surface area contributed by atoms with Gasteiger partial charge in [0.25, 0.3) is 0 Å². The molecular weight excluding hydrogens is 167 g/mol. The number of hydrogen-bond donors (Lipinski definition) is 2. The van der Waals surface area contributed by atoms with Crippen molar-refractivity contribution in [1.29, 1.82) is 0 Å². The molecule has 2 rings (SSSR count). The molecule has 0 fully saturated rings. The lowest BCUT2D eigenvalue weighted by molar-refractivity contribution is 0.420. The zero-order valence-electron chi connectivity index (χ0n) is 7.18. The van der Waals surface area contributed by atoms with Gasteiger partial charge in [-0.3, -0.25) is 0 Å². The largest absolute Gasteiger partial charge is 0.488 e. The number of azo groups is 1. The highest BCUT2D eigenvalue weighted by atomic mass is 16.4. The van der Waals surface area contributed by atoms with Crippen LogP contribution in [0.25, 0.3) is 0 Å². The van der Waals surface area contributed by atoms with E-state index in [4.69, 9.17) is 10.0 Å². The zero-order valence-corrected chi connectivity index (χ0v) is 7.18. The van der Waals surface area contributed by atoms with Gasteiger partial charge in [-0.1, -0.05) is 18.2 Å². The van der Waals surface area contributed by atoms with Gasteiger partial charge < -0.3 is 10.0 Å². The minimum Gasteiger partial charge on any atom is -0.423 e. The fourth-order valence-corrected chi connectivity index (χ4v) is 1.41. The first-order valence-corrected chi connectivity index (χ1v) is 4.06. The molecule has 0 aromatic carbocycles. The Labute approximate surface area is 76.1 Å². The summed E-state index contributed by atoms with van der Waals surface area (Å²) in [5.74, 6) is 0. The smallest absolute Gasteiger partial charge is 0.423 e. The Kier molecular flexibility index (Phi) is 1.90. The predicted octanol–water partition coefficient (Wildman–Crippen LogP) is 0.603. The second kappa shape index (κ2) is 2.94. The Morgan fingerprint density at radius 2 is 2.23 bits per heavy atom. The number of allylic oxidation sites excluding steroid dienone is 3. The molecule has 1 aliphatic carbocycles. The highest BCUT2D eigenvalue weighted by Gasteiger charge is 2.24. The maximum atomic E-state index is 8.94. The van der Waals surface area contributed by atoms with Gasteiger partial charge in [-0.05, 0) is 12.4 Å². The van der Waals surface area contributed by atoms with Crippen molar-refractivity contribution in [3.8, 4) is 0 Å². The van der Waals surface area contributed by atoms with Crippen molar-refractivity contribution in [3.05, 3.63) is 35.0 Å². The Morgan fingerprint density at radius 1 is 1.46 bits per heavy atom. The van der Waals surface area contributed by atoms with Crippen molar-refractivity contribution >= 4 is 7.12 Å². The summed E-state index contributed by atoms with van der Waals surface area (Å²) in [5, 5.41) is 25.8. The van der Waals surface area contributed by atoms with Crippen molar-refractivity contribution in [3.63, 3.8) is 0 Å². The van der Waals surface area contributed by atoms with Crippen LogP contribution in [0.2, 0.25) is 0 Å². The van der Waals surface area contributed by atoms with Crippen LogP contribution < -0.4 is 0 Å². The third-order valence-corrected chi connectivity index (χ3v) is 2.16. The van der Waals surface area contributed by atoms with E-state index in [1.165, 1.54) is 0 Å². The van der Waals surface area contributed by atoms with Gasteiger partial charge in [0, 0.05) is 5.57 Å². The van der Waals surface area contributed by atoms with E-state index in [0.717, 1.165) is 11.3 Å². The van der Waals surface area contributed by atoms with Gasteiger partial charge in [0.05, 0.1) is 5.70 Å². The first-order chi connectivity index (χ1) is 6.18. The van der Waals surface area contributed by atoms with Gasteiger partial charge in [0.2, 0.25) is 0 Å². The van der Waals surface area contributed by atoms with E-state index < -0.39 is 7.12 Å².